The van der Waals surface area contributed by atoms with Gasteiger partial charge in [0.15, 0.2) is 0 Å². The van der Waals surface area contributed by atoms with Gasteiger partial charge >= 0.3 is 0 Å². The van der Waals surface area contributed by atoms with Crippen molar-refractivity contribution < 1.29 is 4.42 Å². The van der Waals surface area contributed by atoms with E-state index in [9.17, 15) is 0 Å². The smallest absolute Gasteiger partial charge is 0.248 e. The lowest BCUT2D eigenvalue weighted by molar-refractivity contribution is 0.584. The number of pyridine rings is 1. The summed E-state index contributed by atoms with van der Waals surface area (Å²) < 4.78 is 6.01. The van der Waals surface area contributed by atoms with Crippen LogP contribution in [0.25, 0.3) is 77.7 Å². The van der Waals surface area contributed by atoms with Gasteiger partial charge in [-0.25, -0.2) is 4.98 Å². The Morgan fingerprint density at radius 3 is 1.56 bits per heavy atom. The normalized spacial score (nSPS) is 11.4. The van der Waals surface area contributed by atoms with Crippen LogP contribution in [-0.4, -0.2) is 15.2 Å². The second-order valence-corrected chi connectivity index (χ2v) is 10.1. The molecule has 8 rings (SSSR count). The van der Waals surface area contributed by atoms with Crippen molar-refractivity contribution in [3.8, 4) is 45.3 Å². The standard InChI is InChI=1S/C37H23N3O/c1-2-11-26(12-3-1)36-39-40-37(41-36)27-20-18-25(19-21-27)34-28-13-5-7-15-30(28)35(31-16-8-6-14-29(31)34)33-23-22-24-10-4-9-17-32(24)38-33/h1-23H. The molecule has 192 valence electrons. The van der Waals surface area contributed by atoms with Gasteiger partial charge < -0.3 is 4.42 Å². The predicted molar refractivity (Wildman–Crippen MR) is 166 cm³/mol. The van der Waals surface area contributed by atoms with Crippen LogP contribution in [0.5, 0.6) is 0 Å². The van der Waals surface area contributed by atoms with Crippen LogP contribution in [0.3, 0.4) is 0 Å². The maximum atomic E-state index is 6.01. The van der Waals surface area contributed by atoms with Crippen molar-refractivity contribution >= 4 is 32.4 Å². The van der Waals surface area contributed by atoms with Crippen molar-refractivity contribution in [3.63, 3.8) is 0 Å². The van der Waals surface area contributed by atoms with E-state index >= 15 is 0 Å². The number of aromatic nitrogens is 3. The van der Waals surface area contributed by atoms with Gasteiger partial charge in [0.25, 0.3) is 0 Å². The molecule has 41 heavy (non-hydrogen) atoms. The van der Waals surface area contributed by atoms with E-state index in [1.807, 2.05) is 36.4 Å². The van der Waals surface area contributed by atoms with E-state index in [-0.39, 0.29) is 0 Å². The highest BCUT2D eigenvalue weighted by Gasteiger charge is 2.18. The highest BCUT2D eigenvalue weighted by atomic mass is 16.4. The summed E-state index contributed by atoms with van der Waals surface area (Å²) in [5.74, 6) is 1.02. The SMILES string of the molecule is c1ccc(-c2nnc(-c3ccc(-c4c5ccccc5c(-c5ccc6ccccc6n5)c5ccccc45)cc3)o2)cc1. The van der Waals surface area contributed by atoms with Gasteiger partial charge in [-0.2, -0.15) is 0 Å². The van der Waals surface area contributed by atoms with E-state index in [0.717, 1.165) is 38.9 Å². The summed E-state index contributed by atoms with van der Waals surface area (Å²) in [6, 6.07) is 48.0. The second kappa shape index (κ2) is 9.54. The van der Waals surface area contributed by atoms with Gasteiger partial charge in [0.1, 0.15) is 0 Å². The maximum Gasteiger partial charge on any atom is 0.248 e. The molecule has 4 heteroatoms. The van der Waals surface area contributed by atoms with Crippen molar-refractivity contribution in [2.75, 3.05) is 0 Å². The quantitative estimate of drug-likeness (QED) is 0.215. The molecule has 0 saturated heterocycles. The van der Waals surface area contributed by atoms with Gasteiger partial charge in [0, 0.05) is 22.1 Å². The molecule has 8 aromatic rings. The molecule has 0 aliphatic rings. The summed E-state index contributed by atoms with van der Waals surface area (Å²) in [6.07, 6.45) is 0. The summed E-state index contributed by atoms with van der Waals surface area (Å²) >= 11 is 0. The first-order chi connectivity index (χ1) is 20.3. The molecule has 0 N–H and O–H groups in total. The summed E-state index contributed by atoms with van der Waals surface area (Å²) in [5.41, 5.74) is 7.24. The number of fused-ring (bicyclic) bond motifs is 3. The maximum absolute atomic E-state index is 6.01. The average molecular weight is 526 g/mol. The van der Waals surface area contributed by atoms with E-state index in [0.29, 0.717) is 11.8 Å². The molecule has 0 spiro atoms. The minimum atomic E-state index is 0.503. The molecule has 0 bridgehead atoms. The lowest BCUT2D eigenvalue weighted by Gasteiger charge is -2.17. The monoisotopic (exact) mass is 525 g/mol. The number of rotatable bonds is 4. The van der Waals surface area contributed by atoms with Crippen LogP contribution in [0.15, 0.2) is 144 Å². The minimum Gasteiger partial charge on any atom is -0.416 e. The van der Waals surface area contributed by atoms with E-state index in [2.05, 4.69) is 113 Å². The number of hydrogen-bond donors (Lipinski definition) is 0. The van der Waals surface area contributed by atoms with Crippen molar-refractivity contribution in [1.82, 2.24) is 15.2 Å². The van der Waals surface area contributed by atoms with Crippen molar-refractivity contribution in [1.29, 1.82) is 0 Å². The first-order valence-electron chi connectivity index (χ1n) is 13.6. The molecule has 0 fully saturated rings. The van der Waals surface area contributed by atoms with Gasteiger partial charge in [-0.1, -0.05) is 103 Å². The van der Waals surface area contributed by atoms with Gasteiger partial charge in [0.2, 0.25) is 11.8 Å². The highest BCUT2D eigenvalue weighted by Crippen LogP contribution is 2.43. The number of benzene rings is 6. The Kier molecular flexibility index (Phi) is 5.42. The Morgan fingerprint density at radius 1 is 0.390 bits per heavy atom. The van der Waals surface area contributed by atoms with Crippen molar-refractivity contribution in [2.45, 2.75) is 0 Å². The molecule has 2 heterocycles. The first-order valence-corrected chi connectivity index (χ1v) is 13.6. The fourth-order valence-corrected chi connectivity index (χ4v) is 5.74. The molecular weight excluding hydrogens is 502 g/mol. The fourth-order valence-electron chi connectivity index (χ4n) is 5.74. The van der Waals surface area contributed by atoms with Crippen molar-refractivity contribution in [2.24, 2.45) is 0 Å². The third kappa shape index (κ3) is 3.97. The molecule has 0 atom stereocenters. The molecule has 4 nitrogen and oxygen atoms in total. The van der Waals surface area contributed by atoms with Gasteiger partial charge in [-0.15, -0.1) is 10.2 Å². The first kappa shape index (κ1) is 23.3. The molecule has 0 saturated carbocycles. The minimum absolute atomic E-state index is 0.503. The Bertz CT molecular complexity index is 2140. The Hall–Kier alpha value is -5.61. The van der Waals surface area contributed by atoms with Crippen LogP contribution < -0.4 is 0 Å². The third-order valence-corrected chi connectivity index (χ3v) is 7.65. The lowest BCUT2D eigenvalue weighted by atomic mass is 9.87. The molecular formula is C37H23N3O. The van der Waals surface area contributed by atoms with E-state index in [4.69, 9.17) is 9.40 Å². The highest BCUT2D eigenvalue weighted by molar-refractivity contribution is 6.21. The molecule has 0 unspecified atom stereocenters. The summed E-state index contributed by atoms with van der Waals surface area (Å²) in [5, 5.41) is 14.4. The van der Waals surface area contributed by atoms with Gasteiger partial charge in [-0.3, -0.25) is 0 Å². The van der Waals surface area contributed by atoms with Crippen LogP contribution in [0, 0.1) is 0 Å². The topological polar surface area (TPSA) is 51.8 Å². The predicted octanol–water partition coefficient (Wildman–Crippen LogP) is 9.59. The lowest BCUT2D eigenvalue weighted by Crippen LogP contribution is -1.93. The number of para-hydroxylation sites is 1. The molecule has 0 amide bonds. The van der Waals surface area contributed by atoms with E-state index < -0.39 is 0 Å². The zero-order chi connectivity index (χ0) is 27.2. The molecule has 2 aromatic heterocycles. The van der Waals surface area contributed by atoms with E-state index in [1.165, 1.54) is 27.1 Å². The molecule has 0 aliphatic carbocycles. The van der Waals surface area contributed by atoms with Crippen LogP contribution >= 0.6 is 0 Å². The Labute approximate surface area is 236 Å². The zero-order valence-electron chi connectivity index (χ0n) is 22.0. The molecule has 0 aliphatic heterocycles. The number of nitrogens with zero attached hydrogens (tertiary/aromatic N) is 3. The summed E-state index contributed by atoms with van der Waals surface area (Å²) in [6.45, 7) is 0. The second-order valence-electron chi connectivity index (χ2n) is 10.1. The van der Waals surface area contributed by atoms with Crippen LogP contribution in [0.4, 0.5) is 0 Å². The molecule has 0 radical (unpaired) electrons. The average Bonchev–Trinajstić information content (AvgIpc) is 3.54. The molecule has 6 aromatic carbocycles. The van der Waals surface area contributed by atoms with Gasteiger partial charge in [0.05, 0.1) is 11.2 Å². The van der Waals surface area contributed by atoms with E-state index in [1.54, 1.807) is 0 Å². The largest absolute Gasteiger partial charge is 0.416 e. The van der Waals surface area contributed by atoms with Crippen molar-refractivity contribution in [3.05, 3.63) is 140 Å². The van der Waals surface area contributed by atoms with Crippen LogP contribution in [0.2, 0.25) is 0 Å². The van der Waals surface area contributed by atoms with Gasteiger partial charge in [-0.05, 0) is 69.1 Å². The third-order valence-electron chi connectivity index (χ3n) is 7.65. The Balaban J connectivity index is 1.29. The van der Waals surface area contributed by atoms with Crippen LogP contribution in [-0.2, 0) is 0 Å². The summed E-state index contributed by atoms with van der Waals surface area (Å²) in [7, 11) is 0. The summed E-state index contributed by atoms with van der Waals surface area (Å²) in [4.78, 5) is 5.09. The van der Waals surface area contributed by atoms with Crippen LogP contribution in [0.1, 0.15) is 0 Å². The fraction of sp³-hybridized carbons (Fsp3) is 0. The Morgan fingerprint density at radius 2 is 0.902 bits per heavy atom. The zero-order valence-corrected chi connectivity index (χ0v) is 22.0. The number of hydrogen-bond acceptors (Lipinski definition) is 4.